The summed E-state index contributed by atoms with van der Waals surface area (Å²) in [5.74, 6) is 6.83. The molecule has 0 aromatic heterocycles. The third-order valence-electron chi connectivity index (χ3n) is 12.6. The van der Waals surface area contributed by atoms with Gasteiger partial charge in [0.2, 0.25) is 0 Å². The van der Waals surface area contributed by atoms with Crippen LogP contribution in [0.1, 0.15) is 124 Å². The van der Waals surface area contributed by atoms with Crippen molar-refractivity contribution < 1.29 is 4.74 Å². The van der Waals surface area contributed by atoms with Gasteiger partial charge in [0.15, 0.2) is 0 Å². The Kier molecular flexibility index (Phi) is 10.1. The molecule has 0 aromatic carbocycles. The van der Waals surface area contributed by atoms with E-state index in [9.17, 15) is 0 Å². The summed E-state index contributed by atoms with van der Waals surface area (Å²) in [6.45, 7) is 17.6. The Hall–Kier alpha value is -0.340. The average molecular weight is 500 g/mol. The fourth-order valence-corrected chi connectivity index (χ4v) is 10.3. The number of allylic oxidation sites excluding steroid dienone is 1. The lowest BCUT2D eigenvalue weighted by Crippen LogP contribution is -2.53. The topological polar surface area (TPSA) is 21.3 Å². The summed E-state index contributed by atoms with van der Waals surface area (Å²) in [6.07, 6.45) is 21.2. The minimum absolute atomic E-state index is 0.613. The standard InChI is InChI=1S/C34H61NO/c1-7-25(2)11-12-26(3)30-15-16-31-29-14-13-28-24-27(10-8-22-36-23-9-21-35-6)17-19-33(28,4)32(29)18-20-34(30,31)5/h26-32,35H,2,7-24H2,1,3-6H3. The molecule has 4 aliphatic rings. The van der Waals surface area contributed by atoms with E-state index in [0.29, 0.717) is 10.8 Å². The normalized spacial score (nSPS) is 40.8. The highest BCUT2D eigenvalue weighted by Gasteiger charge is 2.60. The van der Waals surface area contributed by atoms with Gasteiger partial charge in [-0.2, -0.15) is 0 Å². The van der Waals surface area contributed by atoms with Gasteiger partial charge in [0, 0.05) is 13.2 Å². The Labute approximate surface area is 225 Å². The van der Waals surface area contributed by atoms with Crippen molar-refractivity contribution in [2.45, 2.75) is 124 Å². The van der Waals surface area contributed by atoms with E-state index in [1.807, 2.05) is 7.05 Å². The number of rotatable bonds is 13. The van der Waals surface area contributed by atoms with Crippen LogP contribution in [-0.2, 0) is 4.74 Å². The highest BCUT2D eigenvalue weighted by Crippen LogP contribution is 2.68. The highest BCUT2D eigenvalue weighted by atomic mass is 16.5. The van der Waals surface area contributed by atoms with Gasteiger partial charge in [-0.25, -0.2) is 0 Å². The third-order valence-corrected chi connectivity index (χ3v) is 12.6. The molecule has 4 aliphatic carbocycles. The summed E-state index contributed by atoms with van der Waals surface area (Å²) in [5.41, 5.74) is 2.71. The Morgan fingerprint density at radius 2 is 1.72 bits per heavy atom. The Morgan fingerprint density at radius 1 is 0.972 bits per heavy atom. The van der Waals surface area contributed by atoms with Crippen molar-refractivity contribution >= 4 is 0 Å². The van der Waals surface area contributed by atoms with Gasteiger partial charge >= 0.3 is 0 Å². The second-order valence-electron chi connectivity index (χ2n) is 14.4. The molecule has 0 aliphatic heterocycles. The zero-order valence-electron chi connectivity index (χ0n) is 24.9. The van der Waals surface area contributed by atoms with Crippen LogP contribution in [0.4, 0.5) is 0 Å². The minimum Gasteiger partial charge on any atom is -0.381 e. The van der Waals surface area contributed by atoms with Crippen LogP contribution in [0.5, 0.6) is 0 Å². The molecule has 4 saturated carbocycles. The van der Waals surface area contributed by atoms with Crippen LogP contribution in [0.3, 0.4) is 0 Å². The van der Waals surface area contributed by atoms with Crippen LogP contribution in [0.2, 0.25) is 0 Å². The Bertz CT molecular complexity index is 703. The molecule has 2 heteroatoms. The van der Waals surface area contributed by atoms with Crippen LogP contribution >= 0.6 is 0 Å². The minimum atomic E-state index is 0.613. The second kappa shape index (κ2) is 12.7. The first-order valence-corrected chi connectivity index (χ1v) is 16.2. The first-order valence-electron chi connectivity index (χ1n) is 16.2. The predicted molar refractivity (Wildman–Crippen MR) is 155 cm³/mol. The van der Waals surface area contributed by atoms with E-state index in [4.69, 9.17) is 4.74 Å². The van der Waals surface area contributed by atoms with E-state index in [-0.39, 0.29) is 0 Å². The van der Waals surface area contributed by atoms with Crippen molar-refractivity contribution in [3.05, 3.63) is 12.2 Å². The van der Waals surface area contributed by atoms with Gasteiger partial charge in [-0.15, -0.1) is 0 Å². The van der Waals surface area contributed by atoms with Crippen LogP contribution < -0.4 is 5.32 Å². The van der Waals surface area contributed by atoms with Gasteiger partial charge in [-0.05, 0) is 162 Å². The van der Waals surface area contributed by atoms with Crippen LogP contribution in [-0.4, -0.2) is 26.8 Å². The van der Waals surface area contributed by atoms with Gasteiger partial charge in [-0.1, -0.05) is 39.8 Å². The molecular weight excluding hydrogens is 438 g/mol. The number of hydrogen-bond donors (Lipinski definition) is 1. The number of nitrogens with one attached hydrogen (secondary N) is 1. The number of fused-ring (bicyclic) bond motifs is 5. The van der Waals surface area contributed by atoms with E-state index < -0.39 is 0 Å². The number of hydrogen-bond acceptors (Lipinski definition) is 2. The monoisotopic (exact) mass is 499 g/mol. The SMILES string of the molecule is C=C(CC)CCC(C)C1CCC2C3CCC4CC(CCCOCCCNC)CCC4(C)C3CCC12C. The van der Waals surface area contributed by atoms with Gasteiger partial charge in [0.05, 0.1) is 0 Å². The zero-order valence-corrected chi connectivity index (χ0v) is 24.9. The van der Waals surface area contributed by atoms with Gasteiger partial charge in [-0.3, -0.25) is 0 Å². The summed E-state index contributed by atoms with van der Waals surface area (Å²) < 4.78 is 5.89. The van der Waals surface area contributed by atoms with E-state index >= 15 is 0 Å². The molecule has 36 heavy (non-hydrogen) atoms. The molecule has 1 N–H and O–H groups in total. The summed E-state index contributed by atoms with van der Waals surface area (Å²) >= 11 is 0. The first kappa shape index (κ1) is 28.7. The zero-order chi connectivity index (χ0) is 25.8. The molecule has 0 saturated heterocycles. The molecule has 0 spiro atoms. The molecule has 4 fully saturated rings. The lowest BCUT2D eigenvalue weighted by Gasteiger charge is -2.61. The van der Waals surface area contributed by atoms with Crippen molar-refractivity contribution in [3.63, 3.8) is 0 Å². The Balaban J connectivity index is 1.29. The first-order chi connectivity index (χ1) is 17.3. The molecule has 9 unspecified atom stereocenters. The summed E-state index contributed by atoms with van der Waals surface area (Å²) in [5, 5.41) is 3.21. The lowest BCUT2D eigenvalue weighted by atomic mass is 9.44. The summed E-state index contributed by atoms with van der Waals surface area (Å²) in [7, 11) is 2.02. The Morgan fingerprint density at radius 3 is 2.50 bits per heavy atom. The van der Waals surface area contributed by atoms with Gasteiger partial charge < -0.3 is 10.1 Å². The van der Waals surface area contributed by atoms with E-state index in [1.165, 1.54) is 82.6 Å². The highest BCUT2D eigenvalue weighted by molar-refractivity contribution is 5.10. The van der Waals surface area contributed by atoms with Crippen LogP contribution in [0, 0.1) is 52.3 Å². The van der Waals surface area contributed by atoms with Gasteiger partial charge in [0.1, 0.15) is 0 Å². The maximum absolute atomic E-state index is 5.89. The molecule has 0 bridgehead atoms. The third kappa shape index (κ3) is 5.95. The quantitative estimate of drug-likeness (QED) is 0.201. The largest absolute Gasteiger partial charge is 0.381 e. The van der Waals surface area contributed by atoms with Crippen LogP contribution in [0.15, 0.2) is 12.2 Å². The van der Waals surface area contributed by atoms with Crippen LogP contribution in [0.25, 0.3) is 0 Å². The molecule has 9 atom stereocenters. The van der Waals surface area contributed by atoms with Crippen molar-refractivity contribution in [3.8, 4) is 0 Å². The maximum atomic E-state index is 5.89. The average Bonchev–Trinajstić information content (AvgIpc) is 3.23. The summed E-state index contributed by atoms with van der Waals surface area (Å²) in [6, 6.07) is 0. The molecule has 208 valence electrons. The van der Waals surface area contributed by atoms with Gasteiger partial charge in [0.25, 0.3) is 0 Å². The molecular formula is C34H61NO. The fraction of sp³-hybridized carbons (Fsp3) is 0.941. The molecule has 2 nitrogen and oxygen atoms in total. The maximum Gasteiger partial charge on any atom is 0.0478 e. The van der Waals surface area contributed by atoms with E-state index in [0.717, 1.165) is 74.0 Å². The van der Waals surface area contributed by atoms with E-state index in [2.05, 4.69) is 39.6 Å². The molecule has 0 radical (unpaired) electrons. The smallest absolute Gasteiger partial charge is 0.0478 e. The van der Waals surface area contributed by atoms with Crippen molar-refractivity contribution in [1.29, 1.82) is 0 Å². The lowest BCUT2D eigenvalue weighted by molar-refractivity contribution is -0.121. The number of ether oxygens (including phenoxy) is 1. The molecule has 4 rings (SSSR count). The fourth-order valence-electron chi connectivity index (χ4n) is 10.3. The van der Waals surface area contributed by atoms with Crippen molar-refractivity contribution in [2.24, 2.45) is 52.3 Å². The summed E-state index contributed by atoms with van der Waals surface area (Å²) in [4.78, 5) is 0. The second-order valence-corrected chi connectivity index (χ2v) is 14.4. The molecule has 0 amide bonds. The molecule has 0 aromatic rings. The van der Waals surface area contributed by atoms with Crippen molar-refractivity contribution in [1.82, 2.24) is 5.32 Å². The van der Waals surface area contributed by atoms with Crippen molar-refractivity contribution in [2.75, 3.05) is 26.8 Å². The molecule has 0 heterocycles. The predicted octanol–water partition coefficient (Wildman–Crippen LogP) is 9.05. The van der Waals surface area contributed by atoms with E-state index in [1.54, 1.807) is 6.42 Å².